The molecule has 1 aromatic heterocycles. The zero-order valence-electron chi connectivity index (χ0n) is 20.2. The van der Waals surface area contributed by atoms with Crippen molar-refractivity contribution >= 4 is 45.3 Å². The maximum atomic E-state index is 13.2. The maximum absolute atomic E-state index is 13.2. The number of benzene rings is 2. The summed E-state index contributed by atoms with van der Waals surface area (Å²) in [5.41, 5.74) is 8.62. The number of sulfonamides is 1. The molecule has 35 heavy (non-hydrogen) atoms. The second-order valence-electron chi connectivity index (χ2n) is 7.93. The van der Waals surface area contributed by atoms with Gasteiger partial charge < -0.3 is 15.0 Å². The van der Waals surface area contributed by atoms with E-state index < -0.39 is 10.0 Å². The van der Waals surface area contributed by atoms with Crippen LogP contribution >= 0.6 is 12.4 Å². The summed E-state index contributed by atoms with van der Waals surface area (Å²) in [6.07, 6.45) is 1.13. The highest BCUT2D eigenvalue weighted by molar-refractivity contribution is 7.89. The molecule has 3 rings (SSSR count). The third-order valence-electron chi connectivity index (χ3n) is 5.66. The fourth-order valence-electron chi connectivity index (χ4n) is 3.76. The first-order chi connectivity index (χ1) is 16.2. The van der Waals surface area contributed by atoms with E-state index in [1.165, 1.54) is 4.31 Å². The number of rotatable bonds is 11. The van der Waals surface area contributed by atoms with E-state index in [2.05, 4.69) is 4.98 Å². The number of imidazole rings is 1. The summed E-state index contributed by atoms with van der Waals surface area (Å²) in [7, 11) is -1.83. The number of nitrogen functional groups attached to an aromatic ring is 1. The van der Waals surface area contributed by atoms with E-state index in [1.54, 1.807) is 44.2 Å². The summed E-state index contributed by atoms with van der Waals surface area (Å²) < 4.78 is 34.7. The number of aryl methyl sites for hydroxylation is 1. The number of hydrogen-bond donors (Lipinski definition) is 2. The molecular weight excluding hydrogens is 490 g/mol. The molecule has 0 amide bonds. The third-order valence-corrected chi connectivity index (χ3v) is 7.63. The van der Waals surface area contributed by atoms with Crippen LogP contribution in [0.1, 0.15) is 43.6 Å². The van der Waals surface area contributed by atoms with E-state index in [0.29, 0.717) is 37.1 Å². The topological polar surface area (TPSA) is 131 Å². The summed E-state index contributed by atoms with van der Waals surface area (Å²) in [5, 5.41) is 7.51. The van der Waals surface area contributed by atoms with Crippen LogP contribution in [0.3, 0.4) is 0 Å². The lowest BCUT2D eigenvalue weighted by Crippen LogP contribution is -2.32. The number of nitrogens with zero attached hydrogens (tertiary/aromatic N) is 3. The van der Waals surface area contributed by atoms with Crippen LogP contribution in [0.15, 0.2) is 47.4 Å². The number of carbonyl (C=O) groups is 1. The summed E-state index contributed by atoms with van der Waals surface area (Å²) in [5.74, 6) is 0.487. The van der Waals surface area contributed by atoms with Gasteiger partial charge in [-0.1, -0.05) is 31.2 Å². The van der Waals surface area contributed by atoms with Crippen LogP contribution in [0, 0.1) is 5.41 Å². The van der Waals surface area contributed by atoms with E-state index in [4.69, 9.17) is 15.9 Å². The molecule has 0 unspecified atom stereocenters. The predicted molar refractivity (Wildman–Crippen MR) is 139 cm³/mol. The minimum atomic E-state index is -3.73. The lowest BCUT2D eigenvalue weighted by molar-refractivity contribution is -0.143. The first-order valence-electron chi connectivity index (χ1n) is 11.2. The number of hydrogen-bond acceptors (Lipinski definition) is 6. The van der Waals surface area contributed by atoms with Crippen molar-refractivity contribution in [1.82, 2.24) is 13.9 Å². The van der Waals surface area contributed by atoms with Crippen molar-refractivity contribution in [3.63, 3.8) is 0 Å². The zero-order valence-corrected chi connectivity index (χ0v) is 21.8. The molecule has 0 saturated carbocycles. The molecule has 3 aromatic rings. The number of amidine groups is 1. The van der Waals surface area contributed by atoms with Gasteiger partial charge in [-0.15, -0.1) is 12.4 Å². The van der Waals surface area contributed by atoms with Gasteiger partial charge in [0, 0.05) is 38.5 Å². The monoisotopic (exact) mass is 521 g/mol. The highest BCUT2D eigenvalue weighted by Crippen LogP contribution is 2.24. The maximum Gasteiger partial charge on any atom is 0.305 e. The minimum absolute atomic E-state index is 0. The van der Waals surface area contributed by atoms with Crippen molar-refractivity contribution in [2.45, 2.75) is 38.0 Å². The van der Waals surface area contributed by atoms with Crippen LogP contribution < -0.4 is 5.73 Å². The van der Waals surface area contributed by atoms with Crippen molar-refractivity contribution in [2.75, 3.05) is 19.7 Å². The average molecular weight is 522 g/mol. The minimum Gasteiger partial charge on any atom is -0.466 e. The number of fused-ring (bicyclic) bond motifs is 1. The summed E-state index contributed by atoms with van der Waals surface area (Å²) in [6, 6.07) is 12.4. The highest BCUT2D eigenvalue weighted by atomic mass is 35.5. The Balaban J connectivity index is 0.00000432. The Morgan fingerprint density at radius 2 is 1.86 bits per heavy atom. The number of halogens is 1. The van der Waals surface area contributed by atoms with Gasteiger partial charge in [-0.25, -0.2) is 13.4 Å². The molecule has 0 radical (unpaired) electrons. The first-order valence-corrected chi connectivity index (χ1v) is 12.7. The number of esters is 1. The molecular formula is C24H32ClN5O4S. The molecule has 9 nitrogen and oxygen atoms in total. The van der Waals surface area contributed by atoms with Crippen LogP contribution in [-0.2, 0) is 33.0 Å². The van der Waals surface area contributed by atoms with Crippen LogP contribution in [0.4, 0.5) is 0 Å². The number of carbonyl (C=O) groups excluding carboxylic acids is 1. The van der Waals surface area contributed by atoms with Gasteiger partial charge in [-0.3, -0.25) is 10.2 Å². The van der Waals surface area contributed by atoms with Crippen LogP contribution in [-0.4, -0.2) is 53.8 Å². The number of aromatic nitrogens is 2. The van der Waals surface area contributed by atoms with Crippen molar-refractivity contribution in [2.24, 2.45) is 12.8 Å². The van der Waals surface area contributed by atoms with E-state index in [-0.39, 0.29) is 42.1 Å². The number of nitrogens with two attached hydrogens (primary N) is 1. The Labute approximate surface area is 212 Å². The quantitative estimate of drug-likeness (QED) is 0.226. The molecule has 0 aliphatic carbocycles. The fraction of sp³-hybridized carbons (Fsp3) is 0.375. The molecule has 3 N–H and O–H groups in total. The van der Waals surface area contributed by atoms with E-state index in [1.807, 2.05) is 23.7 Å². The first kappa shape index (κ1) is 28.3. The highest BCUT2D eigenvalue weighted by Gasteiger charge is 2.24. The largest absolute Gasteiger partial charge is 0.466 e. The molecule has 0 spiro atoms. The predicted octanol–water partition coefficient (Wildman–Crippen LogP) is 3.22. The second kappa shape index (κ2) is 12.1. The van der Waals surface area contributed by atoms with Crippen molar-refractivity contribution in [3.8, 4) is 0 Å². The van der Waals surface area contributed by atoms with E-state index in [9.17, 15) is 13.2 Å². The second-order valence-corrected chi connectivity index (χ2v) is 9.87. The molecule has 0 saturated heterocycles. The van der Waals surface area contributed by atoms with E-state index >= 15 is 0 Å². The van der Waals surface area contributed by atoms with Gasteiger partial charge in [0.15, 0.2) is 0 Å². The molecule has 190 valence electrons. The molecule has 0 atom stereocenters. The summed E-state index contributed by atoms with van der Waals surface area (Å²) in [4.78, 5) is 16.4. The molecule has 2 aromatic carbocycles. The van der Waals surface area contributed by atoms with Gasteiger partial charge >= 0.3 is 5.97 Å². The SMILES string of the molecule is CCOC(=O)CCCN(CC)S(=O)(=O)c1ccc2c(c1)nc(Cc1ccc(C(=N)N)cc1)n2C.Cl. The van der Waals surface area contributed by atoms with Gasteiger partial charge in [-0.2, -0.15) is 4.31 Å². The van der Waals surface area contributed by atoms with E-state index in [0.717, 1.165) is 16.9 Å². The number of nitrogens with one attached hydrogen (secondary N) is 1. The van der Waals surface area contributed by atoms with Crippen molar-refractivity contribution < 1.29 is 17.9 Å². The normalized spacial score (nSPS) is 11.4. The average Bonchev–Trinajstić information content (AvgIpc) is 3.11. The van der Waals surface area contributed by atoms with Gasteiger partial charge in [0.05, 0.1) is 22.5 Å². The van der Waals surface area contributed by atoms with Gasteiger partial charge in [-0.05, 0) is 37.1 Å². The Kier molecular flexibility index (Phi) is 9.82. The molecule has 1 heterocycles. The molecule has 0 aliphatic rings. The Bertz CT molecular complexity index is 1290. The molecule has 0 fully saturated rings. The van der Waals surface area contributed by atoms with Gasteiger partial charge in [0.25, 0.3) is 0 Å². The smallest absolute Gasteiger partial charge is 0.305 e. The molecule has 11 heteroatoms. The fourth-order valence-corrected chi connectivity index (χ4v) is 5.27. The van der Waals surface area contributed by atoms with Gasteiger partial charge in [0.2, 0.25) is 10.0 Å². The lowest BCUT2D eigenvalue weighted by atomic mass is 10.1. The Hall–Kier alpha value is -2.95. The van der Waals surface area contributed by atoms with Crippen LogP contribution in [0.2, 0.25) is 0 Å². The number of ether oxygens (including phenoxy) is 1. The molecule has 0 bridgehead atoms. The summed E-state index contributed by atoms with van der Waals surface area (Å²) >= 11 is 0. The Morgan fingerprint density at radius 3 is 2.46 bits per heavy atom. The lowest BCUT2D eigenvalue weighted by Gasteiger charge is -2.20. The summed E-state index contributed by atoms with van der Waals surface area (Å²) in [6.45, 7) is 4.36. The standard InChI is InChI=1S/C24H31N5O4S.ClH/c1-4-29(14-6-7-23(30)33-5-2)34(31,32)19-12-13-21-20(16-19)27-22(28(21)3)15-17-8-10-18(11-9-17)24(25)26;/h8-13,16H,4-7,14-15H2,1-3H3,(H3,25,26);1H. The zero-order chi connectivity index (χ0) is 24.9. The van der Waals surface area contributed by atoms with Crippen molar-refractivity contribution in [3.05, 3.63) is 59.4 Å². The third kappa shape index (κ3) is 6.59. The molecule has 0 aliphatic heterocycles. The Morgan fingerprint density at radius 1 is 1.17 bits per heavy atom. The van der Waals surface area contributed by atoms with Crippen molar-refractivity contribution in [1.29, 1.82) is 5.41 Å². The van der Waals surface area contributed by atoms with Gasteiger partial charge in [0.1, 0.15) is 11.7 Å². The van der Waals surface area contributed by atoms with Crippen LogP contribution in [0.25, 0.3) is 11.0 Å². The van der Waals surface area contributed by atoms with Crippen LogP contribution in [0.5, 0.6) is 0 Å².